The molecule has 1 aliphatic heterocycles. The highest BCUT2D eigenvalue weighted by atomic mass is 16.4. The van der Waals surface area contributed by atoms with Gasteiger partial charge in [0.2, 0.25) is 5.78 Å². The zero-order valence-electron chi connectivity index (χ0n) is 21.1. The fourth-order valence-corrected chi connectivity index (χ4v) is 6.01. The molecule has 1 heterocycles. The van der Waals surface area contributed by atoms with Gasteiger partial charge in [-0.15, -0.1) is 0 Å². The number of rotatable bonds is 8. The maximum Gasteiger partial charge on any atom is 0.318 e. The van der Waals surface area contributed by atoms with Crippen LogP contribution in [0.2, 0.25) is 0 Å². The highest BCUT2D eigenvalue weighted by Gasteiger charge is 2.48. The summed E-state index contributed by atoms with van der Waals surface area (Å²) in [5.74, 6) is -1.70. The Hall–Kier alpha value is -3.77. The SMILES string of the molecule is C[C@H]1CN(C(=O)C(=O)c2ccccc2)CCN1CCCCC1(C(=O)O)c2ccccc2-c2ccccc21. The normalized spacial score (nSPS) is 18.2. The summed E-state index contributed by atoms with van der Waals surface area (Å²) in [5, 5.41) is 10.5. The van der Waals surface area contributed by atoms with E-state index in [-0.39, 0.29) is 6.04 Å². The van der Waals surface area contributed by atoms with Gasteiger partial charge in [-0.1, -0.05) is 85.3 Å². The Kier molecular flexibility index (Phi) is 6.94. The summed E-state index contributed by atoms with van der Waals surface area (Å²) >= 11 is 0. The van der Waals surface area contributed by atoms with Crippen molar-refractivity contribution in [2.75, 3.05) is 26.2 Å². The van der Waals surface area contributed by atoms with Crippen molar-refractivity contribution in [3.05, 3.63) is 95.6 Å². The third-order valence-electron chi connectivity index (χ3n) is 7.96. The molecule has 0 aromatic heterocycles. The molecule has 6 nitrogen and oxygen atoms in total. The van der Waals surface area contributed by atoms with Crippen LogP contribution < -0.4 is 0 Å². The molecule has 1 N–H and O–H groups in total. The number of hydrogen-bond donors (Lipinski definition) is 1. The highest BCUT2D eigenvalue weighted by Crippen LogP contribution is 2.51. The summed E-state index contributed by atoms with van der Waals surface area (Å²) in [4.78, 5) is 42.1. The minimum absolute atomic E-state index is 0.127. The van der Waals surface area contributed by atoms with Gasteiger partial charge in [0.05, 0.1) is 0 Å². The van der Waals surface area contributed by atoms with E-state index in [2.05, 4.69) is 11.8 Å². The van der Waals surface area contributed by atoms with E-state index in [4.69, 9.17) is 0 Å². The second kappa shape index (κ2) is 10.3. The molecular formula is C31H32N2O4. The minimum Gasteiger partial charge on any atom is -0.480 e. The quantitative estimate of drug-likeness (QED) is 0.280. The molecule has 1 aliphatic carbocycles. The standard InChI is InChI=1S/C31H32N2O4/c1-22-21-33(29(35)28(34)23-11-3-2-4-12-23)20-19-32(22)18-10-9-17-31(30(36)37)26-15-7-5-13-24(26)25-14-6-8-16-27(25)31/h2-8,11-16,22H,9-10,17-21H2,1H3,(H,36,37)/t22-/m0/s1. The molecule has 1 saturated heterocycles. The second-order valence-electron chi connectivity index (χ2n) is 10.1. The number of carbonyl (C=O) groups is 3. The summed E-state index contributed by atoms with van der Waals surface area (Å²) in [6.45, 7) is 4.63. The molecule has 2 aliphatic rings. The van der Waals surface area contributed by atoms with Gasteiger partial charge >= 0.3 is 5.97 Å². The number of unbranched alkanes of at least 4 members (excludes halogenated alkanes) is 1. The lowest BCUT2D eigenvalue weighted by Gasteiger charge is -2.39. The molecule has 0 saturated carbocycles. The molecule has 1 amide bonds. The van der Waals surface area contributed by atoms with Crippen LogP contribution in [0.5, 0.6) is 0 Å². The molecule has 1 atom stereocenters. The van der Waals surface area contributed by atoms with Crippen molar-refractivity contribution in [3.8, 4) is 11.1 Å². The van der Waals surface area contributed by atoms with Crippen molar-refractivity contribution >= 4 is 17.7 Å². The van der Waals surface area contributed by atoms with E-state index in [9.17, 15) is 19.5 Å². The van der Waals surface area contributed by atoms with Gasteiger partial charge in [0.15, 0.2) is 0 Å². The molecule has 0 bridgehead atoms. The Balaban J connectivity index is 1.20. The largest absolute Gasteiger partial charge is 0.480 e. The number of aliphatic carboxylic acids is 1. The van der Waals surface area contributed by atoms with Crippen LogP contribution in [0.4, 0.5) is 0 Å². The number of carboxylic acids is 1. The van der Waals surface area contributed by atoms with E-state index in [0.29, 0.717) is 31.6 Å². The molecule has 37 heavy (non-hydrogen) atoms. The average molecular weight is 497 g/mol. The summed E-state index contributed by atoms with van der Waals surface area (Å²) in [5.41, 5.74) is 3.19. The first-order chi connectivity index (χ1) is 17.9. The van der Waals surface area contributed by atoms with Crippen molar-refractivity contribution in [2.45, 2.75) is 37.6 Å². The van der Waals surface area contributed by atoms with Gasteiger partial charge in [0, 0.05) is 31.2 Å². The van der Waals surface area contributed by atoms with E-state index < -0.39 is 23.1 Å². The summed E-state index contributed by atoms with van der Waals surface area (Å²) in [6.07, 6.45) is 2.17. The van der Waals surface area contributed by atoms with Crippen LogP contribution in [0.1, 0.15) is 47.7 Å². The highest BCUT2D eigenvalue weighted by molar-refractivity contribution is 6.42. The van der Waals surface area contributed by atoms with Gasteiger partial charge in [-0.25, -0.2) is 0 Å². The van der Waals surface area contributed by atoms with Crippen LogP contribution in [0.3, 0.4) is 0 Å². The lowest BCUT2D eigenvalue weighted by Crippen LogP contribution is -2.55. The van der Waals surface area contributed by atoms with Crippen molar-refractivity contribution in [2.24, 2.45) is 0 Å². The van der Waals surface area contributed by atoms with E-state index in [0.717, 1.165) is 41.6 Å². The fourth-order valence-electron chi connectivity index (χ4n) is 6.01. The first kappa shape index (κ1) is 24.9. The number of carbonyl (C=O) groups excluding carboxylic acids is 2. The van der Waals surface area contributed by atoms with Gasteiger partial charge in [-0.05, 0) is 48.6 Å². The summed E-state index contributed by atoms with van der Waals surface area (Å²) in [6, 6.07) is 24.5. The third-order valence-corrected chi connectivity index (χ3v) is 7.96. The second-order valence-corrected chi connectivity index (χ2v) is 10.1. The van der Waals surface area contributed by atoms with Crippen molar-refractivity contribution < 1.29 is 19.5 Å². The smallest absolute Gasteiger partial charge is 0.318 e. The molecule has 1 fully saturated rings. The van der Waals surface area contributed by atoms with E-state index >= 15 is 0 Å². The number of Topliss-reactive ketones (excluding diaryl/α,β-unsaturated/α-hetero) is 1. The number of ketones is 1. The van der Waals surface area contributed by atoms with Crippen molar-refractivity contribution in [1.29, 1.82) is 0 Å². The van der Waals surface area contributed by atoms with Crippen LogP contribution in [0, 0.1) is 0 Å². The predicted octanol–water partition coefficient (Wildman–Crippen LogP) is 4.62. The number of fused-ring (bicyclic) bond motifs is 3. The zero-order chi connectivity index (χ0) is 26.0. The summed E-state index contributed by atoms with van der Waals surface area (Å²) in [7, 11) is 0. The lowest BCUT2D eigenvalue weighted by atomic mass is 9.74. The third kappa shape index (κ3) is 4.46. The maximum atomic E-state index is 12.8. The van der Waals surface area contributed by atoms with Crippen LogP contribution in [-0.2, 0) is 15.0 Å². The zero-order valence-corrected chi connectivity index (χ0v) is 21.1. The first-order valence-electron chi connectivity index (χ1n) is 13.0. The number of hydrogen-bond acceptors (Lipinski definition) is 4. The van der Waals surface area contributed by atoms with E-state index in [1.165, 1.54) is 0 Å². The van der Waals surface area contributed by atoms with Gasteiger partial charge < -0.3 is 10.0 Å². The number of nitrogens with zero attached hydrogens (tertiary/aromatic N) is 2. The van der Waals surface area contributed by atoms with E-state index in [1.54, 1.807) is 29.2 Å². The van der Waals surface area contributed by atoms with Crippen LogP contribution >= 0.6 is 0 Å². The number of piperazine rings is 1. The van der Waals surface area contributed by atoms with Gasteiger partial charge in [-0.2, -0.15) is 0 Å². The van der Waals surface area contributed by atoms with Gasteiger partial charge in [0.1, 0.15) is 5.41 Å². The number of amides is 1. The lowest BCUT2D eigenvalue weighted by molar-refractivity contribution is -0.142. The first-order valence-corrected chi connectivity index (χ1v) is 13.0. The average Bonchev–Trinajstić information content (AvgIpc) is 3.22. The molecule has 5 rings (SSSR count). The predicted molar refractivity (Wildman–Crippen MR) is 143 cm³/mol. The Morgan fingerprint density at radius 2 is 1.43 bits per heavy atom. The molecule has 3 aromatic rings. The Morgan fingerprint density at radius 1 is 0.838 bits per heavy atom. The topological polar surface area (TPSA) is 77.9 Å². The Bertz CT molecular complexity index is 1270. The monoisotopic (exact) mass is 496 g/mol. The van der Waals surface area contributed by atoms with Crippen molar-refractivity contribution in [3.63, 3.8) is 0 Å². The number of benzene rings is 3. The Morgan fingerprint density at radius 3 is 2.03 bits per heavy atom. The summed E-state index contributed by atoms with van der Waals surface area (Å²) < 4.78 is 0. The van der Waals surface area contributed by atoms with Crippen LogP contribution in [-0.4, -0.2) is 64.8 Å². The van der Waals surface area contributed by atoms with Crippen molar-refractivity contribution in [1.82, 2.24) is 9.80 Å². The molecule has 6 heteroatoms. The molecule has 0 spiro atoms. The minimum atomic E-state index is -1.03. The molecule has 0 unspecified atom stereocenters. The molecule has 3 aromatic carbocycles. The fraction of sp³-hybridized carbons (Fsp3) is 0.323. The molecule has 190 valence electrons. The Labute approximate surface area is 217 Å². The van der Waals surface area contributed by atoms with Gasteiger partial charge in [-0.3, -0.25) is 19.3 Å². The van der Waals surface area contributed by atoms with Crippen LogP contribution in [0.25, 0.3) is 11.1 Å². The maximum absolute atomic E-state index is 12.8. The molecule has 0 radical (unpaired) electrons. The molecular weight excluding hydrogens is 464 g/mol. The van der Waals surface area contributed by atoms with E-state index in [1.807, 2.05) is 54.6 Å². The van der Waals surface area contributed by atoms with Crippen LogP contribution in [0.15, 0.2) is 78.9 Å². The number of carboxylic acid groups (broad SMARTS) is 1. The van der Waals surface area contributed by atoms with Gasteiger partial charge in [0.25, 0.3) is 5.91 Å².